The number of aryl methyl sites for hydroxylation is 1. The second-order valence-electron chi connectivity index (χ2n) is 6.62. The van der Waals surface area contributed by atoms with Gasteiger partial charge in [-0.3, -0.25) is 4.99 Å². The van der Waals surface area contributed by atoms with Crippen LogP contribution in [0.3, 0.4) is 0 Å². The van der Waals surface area contributed by atoms with E-state index in [1.54, 1.807) is 13.2 Å². The van der Waals surface area contributed by atoms with Crippen LogP contribution in [-0.2, 0) is 20.1 Å². The number of nitrogens with one attached hydrogen (secondary N) is 1. The van der Waals surface area contributed by atoms with Gasteiger partial charge in [0.05, 0.1) is 13.2 Å². The summed E-state index contributed by atoms with van der Waals surface area (Å²) in [5.74, 6) is 2.30. The van der Waals surface area contributed by atoms with Gasteiger partial charge in [0.25, 0.3) is 0 Å². The summed E-state index contributed by atoms with van der Waals surface area (Å²) in [7, 11) is 5.90. The summed E-state index contributed by atoms with van der Waals surface area (Å²) in [6.07, 6.45) is 6.42. The second-order valence-corrected chi connectivity index (χ2v) is 6.62. The average molecular weight is 341 g/mol. The summed E-state index contributed by atoms with van der Waals surface area (Å²) >= 11 is 0. The molecule has 1 N–H and O–H groups in total. The van der Waals surface area contributed by atoms with Crippen LogP contribution in [0.5, 0.6) is 5.88 Å². The molecule has 6 heteroatoms. The van der Waals surface area contributed by atoms with E-state index in [0.29, 0.717) is 12.4 Å². The Hall–Kier alpha value is -2.50. The van der Waals surface area contributed by atoms with E-state index in [0.717, 1.165) is 30.6 Å². The van der Waals surface area contributed by atoms with Crippen molar-refractivity contribution in [1.82, 2.24) is 19.8 Å². The van der Waals surface area contributed by atoms with E-state index in [4.69, 9.17) is 4.74 Å². The first kappa shape index (κ1) is 17.3. The molecular formula is C19H27N5O. The summed E-state index contributed by atoms with van der Waals surface area (Å²) in [6.45, 7) is 2.27. The first-order valence-electron chi connectivity index (χ1n) is 8.75. The lowest BCUT2D eigenvalue weighted by Gasteiger charge is -2.22. The Labute approximate surface area is 149 Å². The number of hydrogen-bond donors (Lipinski definition) is 1. The lowest BCUT2D eigenvalue weighted by atomic mass is 10.2. The van der Waals surface area contributed by atoms with Crippen molar-refractivity contribution in [2.45, 2.75) is 25.9 Å². The van der Waals surface area contributed by atoms with Gasteiger partial charge in [0.2, 0.25) is 5.88 Å². The van der Waals surface area contributed by atoms with Crippen molar-refractivity contribution in [3.8, 4) is 5.88 Å². The minimum absolute atomic E-state index is 0.687. The molecule has 1 fully saturated rings. The van der Waals surface area contributed by atoms with E-state index in [9.17, 15) is 0 Å². The highest BCUT2D eigenvalue weighted by Gasteiger charge is 2.22. The second kappa shape index (κ2) is 8.05. The Balaban J connectivity index is 1.53. The van der Waals surface area contributed by atoms with Crippen molar-refractivity contribution >= 4 is 5.96 Å². The summed E-state index contributed by atoms with van der Waals surface area (Å²) in [4.78, 5) is 10.8. The zero-order valence-corrected chi connectivity index (χ0v) is 15.3. The fourth-order valence-electron chi connectivity index (χ4n) is 2.67. The van der Waals surface area contributed by atoms with Crippen LogP contribution in [0.4, 0.5) is 0 Å². The maximum atomic E-state index is 5.75. The lowest BCUT2D eigenvalue weighted by Crippen LogP contribution is -2.38. The Morgan fingerprint density at radius 3 is 2.96 bits per heavy atom. The van der Waals surface area contributed by atoms with Gasteiger partial charge >= 0.3 is 0 Å². The van der Waals surface area contributed by atoms with E-state index in [1.807, 2.05) is 19.2 Å². The Bertz CT molecular complexity index is 720. The predicted molar refractivity (Wildman–Crippen MR) is 99.5 cm³/mol. The monoisotopic (exact) mass is 341 g/mol. The van der Waals surface area contributed by atoms with E-state index in [2.05, 4.69) is 50.1 Å². The van der Waals surface area contributed by atoms with Gasteiger partial charge in [-0.2, -0.15) is 0 Å². The highest BCUT2D eigenvalue weighted by atomic mass is 16.5. The molecule has 2 heterocycles. The molecule has 0 aliphatic heterocycles. The van der Waals surface area contributed by atoms with Crippen LogP contribution in [0.25, 0.3) is 0 Å². The Morgan fingerprint density at radius 2 is 2.28 bits per heavy atom. The third-order valence-electron chi connectivity index (χ3n) is 4.44. The maximum Gasteiger partial charge on any atom is 0.213 e. The number of pyridine rings is 1. The quantitative estimate of drug-likeness (QED) is 0.621. The topological polar surface area (TPSA) is 54.7 Å². The van der Waals surface area contributed by atoms with Gasteiger partial charge in [-0.05, 0) is 42.5 Å². The van der Waals surface area contributed by atoms with Crippen LogP contribution < -0.4 is 10.1 Å². The van der Waals surface area contributed by atoms with Gasteiger partial charge in [-0.15, -0.1) is 0 Å². The third-order valence-corrected chi connectivity index (χ3v) is 4.44. The van der Waals surface area contributed by atoms with Crippen molar-refractivity contribution in [2.75, 3.05) is 20.7 Å². The number of ether oxygens (including phenoxy) is 1. The number of aliphatic imine (C=N–C) groups is 1. The summed E-state index contributed by atoms with van der Waals surface area (Å²) < 4.78 is 7.87. The van der Waals surface area contributed by atoms with Crippen LogP contribution >= 0.6 is 0 Å². The van der Waals surface area contributed by atoms with E-state index in [-0.39, 0.29) is 0 Å². The molecule has 25 heavy (non-hydrogen) atoms. The molecule has 0 amide bonds. The molecule has 0 saturated heterocycles. The van der Waals surface area contributed by atoms with Crippen molar-refractivity contribution in [1.29, 1.82) is 0 Å². The highest BCUT2D eigenvalue weighted by Crippen LogP contribution is 2.29. The summed E-state index contributed by atoms with van der Waals surface area (Å²) in [5.41, 5.74) is 2.37. The summed E-state index contributed by atoms with van der Waals surface area (Å²) in [6, 6.07) is 8.18. The van der Waals surface area contributed by atoms with E-state index in [1.165, 1.54) is 18.5 Å². The lowest BCUT2D eigenvalue weighted by molar-refractivity contribution is 0.288. The van der Waals surface area contributed by atoms with Crippen LogP contribution in [0.15, 0.2) is 41.7 Å². The van der Waals surface area contributed by atoms with Crippen LogP contribution in [-0.4, -0.2) is 41.1 Å². The molecule has 0 unspecified atom stereocenters. The molecule has 0 atom stereocenters. The van der Waals surface area contributed by atoms with Crippen LogP contribution in [0.2, 0.25) is 0 Å². The largest absolute Gasteiger partial charge is 0.477 e. The molecule has 134 valence electrons. The van der Waals surface area contributed by atoms with Gasteiger partial charge in [0.15, 0.2) is 5.96 Å². The molecule has 0 spiro atoms. The maximum absolute atomic E-state index is 5.75. The average Bonchev–Trinajstić information content (AvgIpc) is 3.37. The molecule has 3 rings (SSSR count). The Morgan fingerprint density at radius 1 is 1.44 bits per heavy atom. The number of hydrogen-bond acceptors (Lipinski definition) is 3. The first-order chi connectivity index (χ1) is 12.2. The molecule has 1 aliphatic rings. The molecule has 0 bridgehead atoms. The Kier molecular flexibility index (Phi) is 5.58. The van der Waals surface area contributed by atoms with Crippen molar-refractivity contribution in [3.63, 3.8) is 0 Å². The highest BCUT2D eigenvalue weighted by molar-refractivity contribution is 5.79. The SMILES string of the molecule is CN=C(NCc1ccnc(OCC2CC2)c1)N(C)Cc1cccn1C. The van der Waals surface area contributed by atoms with Crippen LogP contribution in [0.1, 0.15) is 24.1 Å². The van der Waals surface area contributed by atoms with Crippen molar-refractivity contribution < 1.29 is 4.74 Å². The molecule has 0 aromatic carbocycles. The number of rotatable bonds is 7. The minimum atomic E-state index is 0.687. The van der Waals surface area contributed by atoms with Gasteiger partial charge in [-0.25, -0.2) is 4.98 Å². The molecule has 2 aromatic heterocycles. The standard InChI is InChI=1S/C19H27N5O/c1-20-19(24(3)13-17-5-4-10-23(17)2)22-12-16-8-9-21-18(11-16)25-14-15-6-7-15/h4-5,8-11,15H,6-7,12-14H2,1-3H3,(H,20,22). The van der Waals surface area contributed by atoms with Crippen LogP contribution in [0, 0.1) is 5.92 Å². The molecule has 1 aliphatic carbocycles. The summed E-state index contributed by atoms with van der Waals surface area (Å²) in [5, 5.41) is 3.41. The molecule has 0 radical (unpaired) electrons. The van der Waals surface area contributed by atoms with Gasteiger partial charge < -0.3 is 19.5 Å². The van der Waals surface area contributed by atoms with Gasteiger partial charge in [-0.1, -0.05) is 0 Å². The van der Waals surface area contributed by atoms with Gasteiger partial charge in [0.1, 0.15) is 0 Å². The molecule has 1 saturated carbocycles. The van der Waals surface area contributed by atoms with Crippen molar-refractivity contribution in [2.24, 2.45) is 18.0 Å². The third kappa shape index (κ3) is 4.98. The number of guanidine groups is 1. The van der Waals surface area contributed by atoms with E-state index < -0.39 is 0 Å². The fraction of sp³-hybridized carbons (Fsp3) is 0.474. The van der Waals surface area contributed by atoms with E-state index >= 15 is 0 Å². The van der Waals surface area contributed by atoms with Gasteiger partial charge in [0, 0.05) is 51.8 Å². The number of nitrogens with zero attached hydrogens (tertiary/aromatic N) is 4. The number of aromatic nitrogens is 2. The minimum Gasteiger partial charge on any atom is -0.477 e. The zero-order valence-electron chi connectivity index (χ0n) is 15.3. The molecular weight excluding hydrogens is 314 g/mol. The van der Waals surface area contributed by atoms with Crippen molar-refractivity contribution in [3.05, 3.63) is 47.9 Å². The fourth-order valence-corrected chi connectivity index (χ4v) is 2.67. The normalized spacial score (nSPS) is 14.4. The zero-order chi connectivity index (χ0) is 17.6. The molecule has 6 nitrogen and oxygen atoms in total. The molecule has 2 aromatic rings. The first-order valence-corrected chi connectivity index (χ1v) is 8.75. The predicted octanol–water partition coefficient (Wildman–Crippen LogP) is 2.42. The smallest absolute Gasteiger partial charge is 0.213 e.